The van der Waals surface area contributed by atoms with Gasteiger partial charge >= 0.3 is 0 Å². The first-order chi connectivity index (χ1) is 9.74. The van der Waals surface area contributed by atoms with Gasteiger partial charge in [0.15, 0.2) is 5.78 Å². The van der Waals surface area contributed by atoms with Crippen LogP contribution < -0.4 is 5.56 Å². The zero-order chi connectivity index (χ0) is 13.9. The zero-order valence-electron chi connectivity index (χ0n) is 11.4. The van der Waals surface area contributed by atoms with Gasteiger partial charge in [-0.25, -0.2) is 0 Å². The maximum Gasteiger partial charge on any atom is 0.250 e. The molecule has 0 saturated carbocycles. The number of carbonyl (C=O) groups excluding carboxylic acids is 1. The van der Waals surface area contributed by atoms with Gasteiger partial charge in [-0.05, 0) is 30.9 Å². The Labute approximate surface area is 117 Å². The van der Waals surface area contributed by atoms with Gasteiger partial charge in [-0.1, -0.05) is 6.07 Å². The molecule has 0 atom stereocenters. The van der Waals surface area contributed by atoms with Crippen molar-refractivity contribution >= 4 is 5.78 Å². The average Bonchev–Trinajstić information content (AvgIpc) is 2.78. The molecule has 0 N–H and O–H groups in total. The van der Waals surface area contributed by atoms with Crippen molar-refractivity contribution in [3.8, 4) is 0 Å². The molecule has 3 rings (SSSR count). The third-order valence-electron chi connectivity index (χ3n) is 3.86. The average molecular weight is 270 g/mol. The predicted molar refractivity (Wildman–Crippen MR) is 77.0 cm³/mol. The molecule has 0 unspecified atom stereocenters. The van der Waals surface area contributed by atoms with E-state index in [9.17, 15) is 9.59 Å². The number of nitrogens with zero attached hydrogens (tertiary/aromatic N) is 2. The number of ketones is 1. The first-order valence-electron chi connectivity index (χ1n) is 7.11. The quantitative estimate of drug-likeness (QED) is 0.803. The van der Waals surface area contributed by atoms with Gasteiger partial charge < -0.3 is 9.13 Å². The highest BCUT2D eigenvalue weighted by Gasteiger charge is 2.17. The lowest BCUT2D eigenvalue weighted by molar-refractivity contribution is 0.0982. The van der Waals surface area contributed by atoms with Crippen LogP contribution in [-0.4, -0.2) is 14.9 Å². The number of hydrogen-bond acceptors (Lipinski definition) is 2. The van der Waals surface area contributed by atoms with Gasteiger partial charge in [0.2, 0.25) is 0 Å². The van der Waals surface area contributed by atoms with Crippen molar-refractivity contribution in [1.82, 2.24) is 9.13 Å². The van der Waals surface area contributed by atoms with Crippen LogP contribution in [0.15, 0.2) is 41.6 Å². The molecule has 0 bridgehead atoms. The van der Waals surface area contributed by atoms with Gasteiger partial charge in [-0.2, -0.15) is 0 Å². The lowest BCUT2D eigenvalue weighted by atomic mass is 10.1. The fraction of sp³-hybridized carbons (Fsp3) is 0.375. The normalized spacial score (nSPS) is 14.9. The third kappa shape index (κ3) is 2.59. The number of rotatable bonds is 3. The number of carbonyl (C=O) groups is 1. The maximum atomic E-state index is 12.0. The van der Waals surface area contributed by atoms with E-state index in [4.69, 9.17) is 0 Å². The first-order valence-corrected chi connectivity index (χ1v) is 7.11. The standard InChI is InChI=1S/C16H18N2O2/c19-15-6-2-1-5-13-11-17(12-14(13)15)9-10-18-8-4-3-7-16(18)20/h3-4,7-8,11-12H,1-2,5-6,9-10H2. The molecule has 2 aromatic rings. The zero-order valence-corrected chi connectivity index (χ0v) is 11.4. The van der Waals surface area contributed by atoms with Crippen LogP contribution in [0, 0.1) is 0 Å². The van der Waals surface area contributed by atoms with Crippen LogP contribution in [0.25, 0.3) is 0 Å². The topological polar surface area (TPSA) is 44.0 Å². The summed E-state index contributed by atoms with van der Waals surface area (Å²) >= 11 is 0. The Balaban J connectivity index is 1.76. The van der Waals surface area contributed by atoms with E-state index in [0.29, 0.717) is 19.5 Å². The molecule has 0 amide bonds. The summed E-state index contributed by atoms with van der Waals surface area (Å²) in [6.07, 6.45) is 9.52. The Morgan fingerprint density at radius 2 is 1.85 bits per heavy atom. The van der Waals surface area contributed by atoms with Gasteiger partial charge in [-0.3, -0.25) is 9.59 Å². The van der Waals surface area contributed by atoms with Crippen molar-refractivity contribution in [1.29, 1.82) is 0 Å². The summed E-state index contributed by atoms with van der Waals surface area (Å²) in [6.45, 7) is 1.34. The summed E-state index contributed by atoms with van der Waals surface area (Å²) in [5, 5.41) is 0. The van der Waals surface area contributed by atoms with E-state index in [1.807, 2.05) is 16.8 Å². The van der Waals surface area contributed by atoms with Crippen molar-refractivity contribution in [2.45, 2.75) is 38.8 Å². The molecule has 2 heterocycles. The lowest BCUT2D eigenvalue weighted by Gasteiger charge is -2.06. The fourth-order valence-electron chi connectivity index (χ4n) is 2.74. The second-order valence-corrected chi connectivity index (χ2v) is 5.30. The lowest BCUT2D eigenvalue weighted by Crippen LogP contribution is -2.20. The molecule has 2 aromatic heterocycles. The number of aryl methyl sites for hydroxylation is 3. The molecule has 0 saturated heterocycles. The Hall–Kier alpha value is -2.10. The summed E-state index contributed by atoms with van der Waals surface area (Å²) in [6, 6.07) is 5.17. The summed E-state index contributed by atoms with van der Waals surface area (Å²) in [7, 11) is 0. The van der Waals surface area contributed by atoms with E-state index in [2.05, 4.69) is 6.20 Å². The number of Topliss-reactive ketones (excluding diaryl/α,β-unsaturated/α-hetero) is 1. The highest BCUT2D eigenvalue weighted by Crippen LogP contribution is 2.21. The van der Waals surface area contributed by atoms with E-state index >= 15 is 0 Å². The second-order valence-electron chi connectivity index (χ2n) is 5.30. The molecule has 4 heteroatoms. The molecule has 0 aromatic carbocycles. The van der Waals surface area contributed by atoms with E-state index < -0.39 is 0 Å². The molecular weight excluding hydrogens is 252 g/mol. The Morgan fingerprint density at radius 1 is 1.00 bits per heavy atom. The molecular formula is C16H18N2O2. The maximum absolute atomic E-state index is 12.0. The molecule has 104 valence electrons. The SMILES string of the molecule is O=C1CCCCc2cn(CCn3ccccc3=O)cc21. The van der Waals surface area contributed by atoms with Crippen LogP contribution >= 0.6 is 0 Å². The van der Waals surface area contributed by atoms with Gasteiger partial charge in [0.25, 0.3) is 5.56 Å². The fourth-order valence-corrected chi connectivity index (χ4v) is 2.74. The van der Waals surface area contributed by atoms with Crippen LogP contribution in [0.5, 0.6) is 0 Å². The molecule has 4 nitrogen and oxygen atoms in total. The van der Waals surface area contributed by atoms with Crippen LogP contribution in [-0.2, 0) is 19.5 Å². The number of pyridine rings is 1. The first kappa shape index (κ1) is 12.9. The van der Waals surface area contributed by atoms with Crippen molar-refractivity contribution in [3.63, 3.8) is 0 Å². The minimum absolute atomic E-state index is 0.0114. The smallest absolute Gasteiger partial charge is 0.250 e. The molecule has 0 radical (unpaired) electrons. The van der Waals surface area contributed by atoms with Crippen LogP contribution in [0.4, 0.5) is 0 Å². The predicted octanol–water partition coefficient (Wildman–Crippen LogP) is 2.26. The van der Waals surface area contributed by atoms with Gasteiger partial charge in [0.05, 0.1) is 0 Å². The number of hydrogen-bond donors (Lipinski definition) is 0. The van der Waals surface area contributed by atoms with Crippen LogP contribution in [0.3, 0.4) is 0 Å². The minimum atomic E-state index is 0.0114. The number of aromatic nitrogens is 2. The van der Waals surface area contributed by atoms with Crippen LogP contribution in [0.1, 0.15) is 35.2 Å². The Bertz CT molecular complexity index is 682. The molecule has 0 spiro atoms. The summed E-state index contributed by atoms with van der Waals surface area (Å²) < 4.78 is 3.72. The largest absolute Gasteiger partial charge is 0.351 e. The summed E-state index contributed by atoms with van der Waals surface area (Å²) in [5.74, 6) is 0.258. The number of fused-ring (bicyclic) bond motifs is 1. The van der Waals surface area contributed by atoms with Crippen molar-refractivity contribution < 1.29 is 4.79 Å². The molecule has 1 aliphatic rings. The highest BCUT2D eigenvalue weighted by molar-refractivity contribution is 5.97. The van der Waals surface area contributed by atoms with Gasteiger partial charge in [0.1, 0.15) is 0 Å². The van der Waals surface area contributed by atoms with Gasteiger partial charge in [-0.15, -0.1) is 0 Å². The van der Waals surface area contributed by atoms with E-state index in [1.54, 1.807) is 22.9 Å². The van der Waals surface area contributed by atoms with Crippen LogP contribution in [0.2, 0.25) is 0 Å². The van der Waals surface area contributed by atoms with Crippen molar-refractivity contribution in [3.05, 3.63) is 58.3 Å². The highest BCUT2D eigenvalue weighted by atomic mass is 16.1. The minimum Gasteiger partial charge on any atom is -0.351 e. The Morgan fingerprint density at radius 3 is 2.70 bits per heavy atom. The molecule has 20 heavy (non-hydrogen) atoms. The second kappa shape index (κ2) is 5.49. The summed E-state index contributed by atoms with van der Waals surface area (Å²) in [4.78, 5) is 23.6. The Kier molecular flexibility index (Phi) is 3.54. The van der Waals surface area contributed by atoms with E-state index in [-0.39, 0.29) is 11.3 Å². The van der Waals surface area contributed by atoms with E-state index in [0.717, 1.165) is 30.4 Å². The third-order valence-corrected chi connectivity index (χ3v) is 3.86. The van der Waals surface area contributed by atoms with Crippen molar-refractivity contribution in [2.24, 2.45) is 0 Å². The van der Waals surface area contributed by atoms with Crippen molar-refractivity contribution in [2.75, 3.05) is 0 Å². The molecule has 0 fully saturated rings. The van der Waals surface area contributed by atoms with Gasteiger partial charge in [0, 0.05) is 49.7 Å². The van der Waals surface area contributed by atoms with E-state index in [1.165, 1.54) is 0 Å². The molecule has 1 aliphatic carbocycles. The summed E-state index contributed by atoms with van der Waals surface area (Å²) in [5.41, 5.74) is 2.05. The monoisotopic (exact) mass is 270 g/mol. The molecule has 0 aliphatic heterocycles.